The largest absolute Gasteiger partial charge is 0.347 e. The summed E-state index contributed by atoms with van der Waals surface area (Å²) in [5.74, 6) is -0.902. The van der Waals surface area contributed by atoms with E-state index in [1.54, 1.807) is 0 Å². The van der Waals surface area contributed by atoms with Crippen molar-refractivity contribution in [1.82, 2.24) is 5.32 Å². The zero-order valence-corrected chi connectivity index (χ0v) is 13.1. The van der Waals surface area contributed by atoms with Gasteiger partial charge >= 0.3 is 0 Å². The molecule has 0 heterocycles. The molecule has 1 aromatic rings. The monoisotopic (exact) mass is 314 g/mol. The smallest absolute Gasteiger partial charge is 0.252 e. The van der Waals surface area contributed by atoms with Gasteiger partial charge in [-0.05, 0) is 57.2 Å². The maximum absolute atomic E-state index is 13.6. The molecule has 1 fully saturated rings. The van der Waals surface area contributed by atoms with Gasteiger partial charge in [-0.15, -0.1) is 0 Å². The highest BCUT2D eigenvalue weighted by Gasteiger charge is 2.39. The van der Waals surface area contributed by atoms with E-state index in [2.05, 4.69) is 5.32 Å². The topological polar surface area (TPSA) is 89.3 Å². The molecule has 0 aromatic heterocycles. The molecule has 21 heavy (non-hydrogen) atoms. The van der Waals surface area contributed by atoms with Crippen LogP contribution in [0, 0.1) is 18.7 Å². The Labute approximate surface area is 123 Å². The van der Waals surface area contributed by atoms with E-state index in [-0.39, 0.29) is 16.0 Å². The third-order valence-electron chi connectivity index (χ3n) is 3.91. The maximum atomic E-state index is 13.6. The van der Waals surface area contributed by atoms with Crippen molar-refractivity contribution in [3.05, 3.63) is 29.1 Å². The fourth-order valence-corrected chi connectivity index (χ4v) is 3.27. The molecule has 0 radical (unpaired) electrons. The Balaban J connectivity index is 2.39. The van der Waals surface area contributed by atoms with Gasteiger partial charge < -0.3 is 5.32 Å². The molecule has 3 N–H and O–H groups in total. The lowest BCUT2D eigenvalue weighted by molar-refractivity contribution is 0.0902. The van der Waals surface area contributed by atoms with Crippen LogP contribution in [0.15, 0.2) is 17.0 Å². The van der Waals surface area contributed by atoms with E-state index in [0.717, 1.165) is 25.0 Å². The Morgan fingerprint density at radius 2 is 1.95 bits per heavy atom. The summed E-state index contributed by atoms with van der Waals surface area (Å²) >= 11 is 0. The van der Waals surface area contributed by atoms with Gasteiger partial charge in [-0.1, -0.05) is 0 Å². The highest BCUT2D eigenvalue weighted by molar-refractivity contribution is 7.89. The van der Waals surface area contributed by atoms with Gasteiger partial charge in [-0.3, -0.25) is 4.79 Å². The van der Waals surface area contributed by atoms with Gasteiger partial charge in [0, 0.05) is 11.1 Å². The molecule has 0 spiro atoms. The predicted molar refractivity (Wildman–Crippen MR) is 76.8 cm³/mol. The van der Waals surface area contributed by atoms with Crippen molar-refractivity contribution in [2.75, 3.05) is 0 Å². The normalized spacial score (nSPS) is 15.9. The second-order valence-electron chi connectivity index (χ2n) is 6.07. The van der Waals surface area contributed by atoms with Crippen molar-refractivity contribution in [2.24, 2.45) is 11.1 Å². The highest BCUT2D eigenvalue weighted by Crippen LogP contribution is 2.39. The molecule has 0 bridgehead atoms. The lowest BCUT2D eigenvalue weighted by Gasteiger charge is -2.26. The van der Waals surface area contributed by atoms with Crippen LogP contribution >= 0.6 is 0 Å². The summed E-state index contributed by atoms with van der Waals surface area (Å²) in [6.07, 6.45) is 2.08. The van der Waals surface area contributed by atoms with Crippen LogP contribution in [0.3, 0.4) is 0 Å². The zero-order valence-electron chi connectivity index (χ0n) is 12.2. The molecule has 0 saturated heterocycles. The van der Waals surface area contributed by atoms with Gasteiger partial charge in [0.25, 0.3) is 5.91 Å². The average molecular weight is 314 g/mol. The summed E-state index contributed by atoms with van der Waals surface area (Å²) in [7, 11) is -4.08. The number of carbonyl (C=O) groups is 1. The van der Waals surface area contributed by atoms with Crippen molar-refractivity contribution in [1.29, 1.82) is 0 Å². The Morgan fingerprint density at radius 1 is 1.38 bits per heavy atom. The van der Waals surface area contributed by atoms with Gasteiger partial charge in [-0.25, -0.2) is 17.9 Å². The molecule has 0 unspecified atom stereocenters. The van der Waals surface area contributed by atoms with Gasteiger partial charge in [0.05, 0.1) is 4.90 Å². The van der Waals surface area contributed by atoms with Crippen LogP contribution in [-0.4, -0.2) is 19.9 Å². The molecule has 1 saturated carbocycles. The Kier molecular flexibility index (Phi) is 3.84. The van der Waals surface area contributed by atoms with Gasteiger partial charge in [0.1, 0.15) is 5.82 Å². The number of nitrogens with one attached hydrogen (secondary N) is 1. The fraction of sp³-hybridized carbons (Fsp3) is 0.500. The van der Waals surface area contributed by atoms with E-state index in [0.29, 0.717) is 5.92 Å². The van der Waals surface area contributed by atoms with Gasteiger partial charge in [-0.2, -0.15) is 0 Å². The van der Waals surface area contributed by atoms with Crippen molar-refractivity contribution in [3.63, 3.8) is 0 Å². The predicted octanol–water partition coefficient (Wildman–Crippen LogP) is 1.70. The third kappa shape index (κ3) is 3.41. The molecule has 1 aliphatic rings. The average Bonchev–Trinajstić information content (AvgIpc) is 3.13. The fourth-order valence-electron chi connectivity index (χ4n) is 2.45. The molecule has 1 aromatic carbocycles. The van der Waals surface area contributed by atoms with Crippen LogP contribution in [-0.2, 0) is 10.0 Å². The minimum atomic E-state index is -4.08. The third-order valence-corrected chi connectivity index (χ3v) is 4.95. The summed E-state index contributed by atoms with van der Waals surface area (Å²) < 4.78 is 36.5. The summed E-state index contributed by atoms with van der Waals surface area (Å²) in [6.45, 7) is 5.24. The van der Waals surface area contributed by atoms with E-state index in [9.17, 15) is 17.6 Å². The number of sulfonamides is 1. The van der Waals surface area contributed by atoms with E-state index >= 15 is 0 Å². The van der Waals surface area contributed by atoms with Crippen LogP contribution < -0.4 is 10.5 Å². The number of benzene rings is 1. The highest BCUT2D eigenvalue weighted by atomic mass is 32.2. The van der Waals surface area contributed by atoms with Crippen LogP contribution in [0.1, 0.15) is 42.6 Å². The Hall–Kier alpha value is -1.47. The number of halogens is 1. The van der Waals surface area contributed by atoms with Crippen molar-refractivity contribution >= 4 is 15.9 Å². The second kappa shape index (κ2) is 5.06. The number of hydrogen-bond acceptors (Lipinski definition) is 3. The van der Waals surface area contributed by atoms with Crippen molar-refractivity contribution in [2.45, 2.75) is 44.0 Å². The summed E-state index contributed by atoms with van der Waals surface area (Å²) in [5, 5.41) is 7.89. The molecule has 0 atom stereocenters. The lowest BCUT2D eigenvalue weighted by atomic mass is 9.97. The van der Waals surface area contributed by atoms with Gasteiger partial charge in [0.15, 0.2) is 0 Å². The molecule has 1 amide bonds. The number of amides is 1. The molecule has 116 valence electrons. The van der Waals surface area contributed by atoms with Crippen LogP contribution in [0.4, 0.5) is 4.39 Å². The van der Waals surface area contributed by atoms with Gasteiger partial charge in [0.2, 0.25) is 10.0 Å². The molecular formula is C14H19FN2O3S. The minimum absolute atomic E-state index is 0.00671. The number of hydrogen-bond donors (Lipinski definition) is 2. The molecular weight excluding hydrogens is 295 g/mol. The first kappa shape index (κ1) is 15.9. The minimum Gasteiger partial charge on any atom is -0.347 e. The Bertz CT molecular complexity index is 694. The van der Waals surface area contributed by atoms with E-state index in [1.807, 2.05) is 13.8 Å². The maximum Gasteiger partial charge on any atom is 0.252 e. The summed E-state index contributed by atoms with van der Waals surface area (Å²) in [4.78, 5) is 12.0. The lowest BCUT2D eigenvalue weighted by Crippen LogP contribution is -2.45. The quantitative estimate of drug-likeness (QED) is 0.886. The SMILES string of the molecule is Cc1c(C(=O)NC(C)(C)C2CC2)cc(F)cc1S(N)(=O)=O. The second-order valence-corrected chi connectivity index (χ2v) is 7.60. The number of rotatable bonds is 4. The first-order chi connectivity index (χ1) is 9.52. The first-order valence-corrected chi connectivity index (χ1v) is 8.22. The van der Waals surface area contributed by atoms with E-state index < -0.39 is 27.3 Å². The van der Waals surface area contributed by atoms with E-state index in [1.165, 1.54) is 6.92 Å². The number of carbonyl (C=O) groups excluding carboxylic acids is 1. The van der Waals surface area contributed by atoms with E-state index in [4.69, 9.17) is 5.14 Å². The molecule has 2 rings (SSSR count). The number of primary sulfonamides is 1. The first-order valence-electron chi connectivity index (χ1n) is 6.68. The summed E-state index contributed by atoms with van der Waals surface area (Å²) in [6, 6.07) is 1.86. The van der Waals surface area contributed by atoms with Crippen molar-refractivity contribution in [3.8, 4) is 0 Å². The zero-order chi connectivity index (χ0) is 16.0. The molecule has 1 aliphatic carbocycles. The molecule has 7 heteroatoms. The van der Waals surface area contributed by atoms with Crippen LogP contribution in [0.5, 0.6) is 0 Å². The number of nitrogens with two attached hydrogens (primary N) is 1. The van der Waals surface area contributed by atoms with Crippen molar-refractivity contribution < 1.29 is 17.6 Å². The van der Waals surface area contributed by atoms with Crippen LogP contribution in [0.25, 0.3) is 0 Å². The standard InChI is InChI=1S/C14H19FN2O3S/c1-8-11(6-10(15)7-12(8)21(16,19)20)13(18)17-14(2,3)9-4-5-9/h6-7,9H,4-5H2,1-3H3,(H,17,18)(H2,16,19,20). The Morgan fingerprint density at radius 3 is 2.43 bits per heavy atom. The summed E-state index contributed by atoms with van der Waals surface area (Å²) in [5.41, 5.74) is -0.256. The molecule has 5 nitrogen and oxygen atoms in total. The molecule has 0 aliphatic heterocycles. The van der Waals surface area contributed by atoms with Crippen LogP contribution in [0.2, 0.25) is 0 Å².